The molecular weight excluding hydrogens is 448 g/mol. The molecule has 4 rings (SSSR count). The molecule has 0 spiro atoms. The molecule has 0 aromatic heterocycles. The number of hydrogen-bond donors (Lipinski definition) is 1. The van der Waals surface area contributed by atoms with Crippen LogP contribution in [0.3, 0.4) is 0 Å². The lowest BCUT2D eigenvalue weighted by Crippen LogP contribution is -2.60. The van der Waals surface area contributed by atoms with Gasteiger partial charge in [-0.1, -0.05) is 11.8 Å². The number of carbonyl (C=O) groups is 2. The molecule has 0 unspecified atom stereocenters. The molecule has 1 N–H and O–H groups in total. The molecule has 3 atom stereocenters. The number of fused-ring (bicyclic) bond motifs is 1. The number of non-ortho nitro benzene ring substituents is 1. The summed E-state index contributed by atoms with van der Waals surface area (Å²) in [5.74, 6) is -1.56. The first kappa shape index (κ1) is 22.1. The molecule has 31 heavy (non-hydrogen) atoms. The zero-order valence-electron chi connectivity index (χ0n) is 16.5. The van der Waals surface area contributed by atoms with E-state index in [1.807, 2.05) is 0 Å². The molecule has 0 aliphatic carbocycles. The molecule has 2 saturated heterocycles. The predicted octanol–water partition coefficient (Wildman–Crippen LogP) is 1.83. The minimum Gasteiger partial charge on any atom is -0.456 e. The van der Waals surface area contributed by atoms with Crippen LogP contribution in [0, 0.1) is 16.0 Å². The van der Waals surface area contributed by atoms with Gasteiger partial charge in [-0.2, -0.15) is 0 Å². The van der Waals surface area contributed by atoms with E-state index in [-0.39, 0.29) is 41.3 Å². The Morgan fingerprint density at radius 3 is 2.68 bits per heavy atom. The number of aliphatic hydroxyl groups is 1. The van der Waals surface area contributed by atoms with Crippen molar-refractivity contribution < 1.29 is 33.8 Å². The number of thioether (sulfide) groups is 2. The predicted molar refractivity (Wildman–Crippen MR) is 111 cm³/mol. The number of carbonyl (C=O) groups excluding carboxylic acids is 2. The Hall–Kier alpha value is -2.12. The Labute approximate surface area is 186 Å². The summed E-state index contributed by atoms with van der Waals surface area (Å²) in [5.41, 5.74) is 0.690. The highest BCUT2D eigenvalue weighted by molar-refractivity contribution is 8.23. The summed E-state index contributed by atoms with van der Waals surface area (Å²) in [6.45, 7) is 2.60. The quantitative estimate of drug-likeness (QED) is 0.274. The summed E-state index contributed by atoms with van der Waals surface area (Å²) >= 11 is 2.75. The maximum Gasteiger partial charge on any atom is 0.357 e. The minimum atomic E-state index is -0.829. The Morgan fingerprint density at radius 2 is 2.06 bits per heavy atom. The van der Waals surface area contributed by atoms with Gasteiger partial charge in [0.1, 0.15) is 18.8 Å². The third kappa shape index (κ3) is 4.44. The van der Waals surface area contributed by atoms with Gasteiger partial charge in [0.25, 0.3) is 5.69 Å². The van der Waals surface area contributed by atoms with E-state index in [4.69, 9.17) is 14.2 Å². The average molecular weight is 469 g/mol. The van der Waals surface area contributed by atoms with Gasteiger partial charge >= 0.3 is 5.97 Å². The lowest BCUT2D eigenvalue weighted by atomic mass is 9.92. The Balaban J connectivity index is 1.49. The number of rotatable bonds is 7. The average Bonchev–Trinajstić information content (AvgIpc) is 3.06. The standard InChI is InChI=1S/C19H20N2O8S2/c1-10(22)14-16(23)20-15(19(31-17(14)20)30-13-7-27-9-28-8-13)18(24)29-6-11-2-4-12(5-3-11)21(25)26/h2-5,10,13-14,17,22H,6-9H2,1H3/t10-,14+,17-/m1/s1. The summed E-state index contributed by atoms with van der Waals surface area (Å²) in [5, 5.41) is 20.3. The van der Waals surface area contributed by atoms with Crippen molar-refractivity contribution in [3.05, 3.63) is 49.9 Å². The highest BCUT2D eigenvalue weighted by atomic mass is 32.2. The molecule has 3 aliphatic rings. The SMILES string of the molecule is C[C@@H](O)[C@H]1C(=O)N2C(C(=O)OCc3ccc([N+](=O)[O-])cc3)=C(SC3COCOC3)S[C@H]12. The smallest absolute Gasteiger partial charge is 0.357 e. The van der Waals surface area contributed by atoms with Crippen molar-refractivity contribution in [3.63, 3.8) is 0 Å². The van der Waals surface area contributed by atoms with Crippen LogP contribution < -0.4 is 0 Å². The van der Waals surface area contributed by atoms with E-state index < -0.39 is 22.9 Å². The monoisotopic (exact) mass is 468 g/mol. The van der Waals surface area contributed by atoms with Crippen molar-refractivity contribution in [1.82, 2.24) is 4.90 Å². The first-order chi connectivity index (χ1) is 14.9. The third-order valence-electron chi connectivity index (χ3n) is 5.02. The lowest BCUT2D eigenvalue weighted by Gasteiger charge is -2.43. The van der Waals surface area contributed by atoms with Crippen LogP contribution in [0.25, 0.3) is 0 Å². The fourth-order valence-corrected chi connectivity index (χ4v) is 6.61. The second-order valence-electron chi connectivity index (χ2n) is 7.22. The number of esters is 1. The molecule has 166 valence electrons. The van der Waals surface area contributed by atoms with Crippen LogP contribution in [-0.4, -0.2) is 63.5 Å². The maximum atomic E-state index is 12.9. The number of amides is 1. The Bertz CT molecular complexity index is 914. The first-order valence-corrected chi connectivity index (χ1v) is 11.3. The summed E-state index contributed by atoms with van der Waals surface area (Å²) in [6.07, 6.45) is -0.829. The molecule has 0 bridgehead atoms. The van der Waals surface area contributed by atoms with E-state index in [9.17, 15) is 24.8 Å². The molecule has 1 amide bonds. The topological polar surface area (TPSA) is 128 Å². The van der Waals surface area contributed by atoms with E-state index in [1.54, 1.807) is 6.92 Å². The maximum absolute atomic E-state index is 12.9. The van der Waals surface area contributed by atoms with Gasteiger partial charge in [0.2, 0.25) is 5.91 Å². The van der Waals surface area contributed by atoms with Crippen LogP contribution in [0.15, 0.2) is 34.2 Å². The van der Waals surface area contributed by atoms with E-state index in [0.29, 0.717) is 23.0 Å². The van der Waals surface area contributed by atoms with Gasteiger partial charge in [0, 0.05) is 12.1 Å². The lowest BCUT2D eigenvalue weighted by molar-refractivity contribution is -0.384. The van der Waals surface area contributed by atoms with Crippen molar-refractivity contribution >= 4 is 41.1 Å². The highest BCUT2D eigenvalue weighted by Gasteiger charge is 2.58. The van der Waals surface area contributed by atoms with Crippen molar-refractivity contribution in [2.75, 3.05) is 20.0 Å². The van der Waals surface area contributed by atoms with Gasteiger partial charge in [0.05, 0.1) is 39.6 Å². The number of hydrogen-bond acceptors (Lipinski definition) is 10. The minimum absolute atomic E-state index is 0.0347. The number of nitro benzene ring substituents is 1. The van der Waals surface area contributed by atoms with Gasteiger partial charge in [-0.15, -0.1) is 11.8 Å². The second-order valence-corrected chi connectivity index (χ2v) is 9.91. The fourth-order valence-electron chi connectivity index (χ4n) is 3.44. The zero-order chi connectivity index (χ0) is 22.1. The number of aliphatic hydroxyl groups excluding tert-OH is 1. The summed E-state index contributed by atoms with van der Waals surface area (Å²) < 4.78 is 16.7. The molecule has 10 nitrogen and oxygen atoms in total. The van der Waals surface area contributed by atoms with Crippen LogP contribution in [0.5, 0.6) is 0 Å². The van der Waals surface area contributed by atoms with Crippen molar-refractivity contribution in [1.29, 1.82) is 0 Å². The van der Waals surface area contributed by atoms with Crippen molar-refractivity contribution in [2.45, 2.75) is 30.3 Å². The largest absolute Gasteiger partial charge is 0.456 e. The van der Waals surface area contributed by atoms with E-state index >= 15 is 0 Å². The molecule has 1 aromatic rings. The summed E-state index contributed by atoms with van der Waals surface area (Å²) in [6, 6.07) is 5.69. The summed E-state index contributed by atoms with van der Waals surface area (Å²) in [7, 11) is 0. The van der Waals surface area contributed by atoms with Crippen molar-refractivity contribution in [3.8, 4) is 0 Å². The van der Waals surface area contributed by atoms with Crippen LogP contribution in [-0.2, 0) is 30.4 Å². The number of ether oxygens (including phenoxy) is 3. The Morgan fingerprint density at radius 1 is 1.39 bits per heavy atom. The highest BCUT2D eigenvalue weighted by Crippen LogP contribution is 2.54. The first-order valence-electron chi connectivity index (χ1n) is 9.51. The Kier molecular flexibility index (Phi) is 6.53. The molecule has 1 aromatic carbocycles. The molecule has 12 heteroatoms. The molecular formula is C19H20N2O8S2. The van der Waals surface area contributed by atoms with Gasteiger partial charge in [-0.3, -0.25) is 19.8 Å². The number of β-lactam (4-membered cyclic amide) rings is 1. The number of nitro groups is 1. The number of benzene rings is 1. The molecule has 0 radical (unpaired) electrons. The molecule has 0 saturated carbocycles. The molecule has 2 fully saturated rings. The van der Waals surface area contributed by atoms with Gasteiger partial charge in [0.15, 0.2) is 5.70 Å². The van der Waals surface area contributed by atoms with E-state index in [2.05, 4.69) is 0 Å². The van der Waals surface area contributed by atoms with E-state index in [1.165, 1.54) is 52.7 Å². The van der Waals surface area contributed by atoms with Crippen molar-refractivity contribution in [2.24, 2.45) is 5.92 Å². The van der Waals surface area contributed by atoms with Gasteiger partial charge in [-0.25, -0.2) is 4.79 Å². The van der Waals surface area contributed by atoms with Crippen LogP contribution in [0.2, 0.25) is 0 Å². The van der Waals surface area contributed by atoms with Crippen LogP contribution >= 0.6 is 23.5 Å². The summed E-state index contributed by atoms with van der Waals surface area (Å²) in [4.78, 5) is 37.2. The second kappa shape index (κ2) is 9.17. The van der Waals surface area contributed by atoms with Crippen LogP contribution in [0.1, 0.15) is 12.5 Å². The van der Waals surface area contributed by atoms with E-state index in [0.717, 1.165) is 0 Å². The molecule has 3 heterocycles. The molecule has 3 aliphatic heterocycles. The van der Waals surface area contributed by atoms with Gasteiger partial charge in [-0.05, 0) is 24.6 Å². The zero-order valence-corrected chi connectivity index (χ0v) is 18.1. The van der Waals surface area contributed by atoms with Gasteiger partial charge < -0.3 is 19.3 Å². The fraction of sp³-hybridized carbons (Fsp3) is 0.474. The normalized spacial score (nSPS) is 24.6. The van der Waals surface area contributed by atoms with Crippen LogP contribution in [0.4, 0.5) is 5.69 Å². The number of nitrogens with zero attached hydrogens (tertiary/aromatic N) is 2. The third-order valence-corrected chi connectivity index (χ3v) is 7.77.